The third-order valence-electron chi connectivity index (χ3n) is 2.98. The predicted octanol–water partition coefficient (Wildman–Crippen LogP) is 2.62. The van der Waals surface area contributed by atoms with Crippen LogP contribution >= 0.6 is 0 Å². The fourth-order valence-corrected chi connectivity index (χ4v) is 1.52. The van der Waals surface area contributed by atoms with Crippen molar-refractivity contribution in [3.05, 3.63) is 0 Å². The largest absolute Gasteiger partial charge is 0.379 e. The van der Waals surface area contributed by atoms with E-state index in [2.05, 4.69) is 20.8 Å². The minimum absolute atomic E-state index is 0.0458. The van der Waals surface area contributed by atoms with E-state index in [-0.39, 0.29) is 5.60 Å². The first-order valence-corrected chi connectivity index (χ1v) is 5.22. The van der Waals surface area contributed by atoms with Crippen molar-refractivity contribution in [1.29, 1.82) is 0 Å². The number of methoxy groups -OCH3 is 1. The van der Waals surface area contributed by atoms with E-state index in [4.69, 9.17) is 9.47 Å². The second-order valence-electron chi connectivity index (χ2n) is 4.71. The molecule has 1 saturated heterocycles. The first-order valence-electron chi connectivity index (χ1n) is 5.22. The van der Waals surface area contributed by atoms with E-state index in [9.17, 15) is 0 Å². The molecule has 13 heavy (non-hydrogen) atoms. The van der Waals surface area contributed by atoms with Gasteiger partial charge in [-0.2, -0.15) is 0 Å². The molecule has 0 amide bonds. The summed E-state index contributed by atoms with van der Waals surface area (Å²) < 4.78 is 10.6. The van der Waals surface area contributed by atoms with Crippen LogP contribution in [0.3, 0.4) is 0 Å². The Hall–Kier alpha value is -0.0800. The molecule has 0 aromatic heterocycles. The zero-order valence-corrected chi connectivity index (χ0v) is 9.30. The van der Waals surface area contributed by atoms with E-state index in [0.29, 0.717) is 6.10 Å². The molecule has 1 aliphatic heterocycles. The monoisotopic (exact) mass is 186 g/mol. The van der Waals surface area contributed by atoms with Crippen molar-refractivity contribution in [3.63, 3.8) is 0 Å². The van der Waals surface area contributed by atoms with E-state index in [1.54, 1.807) is 7.11 Å². The molecule has 1 aliphatic rings. The van der Waals surface area contributed by atoms with Gasteiger partial charge in [0.15, 0.2) is 0 Å². The molecule has 0 bridgehead atoms. The molecule has 2 nitrogen and oxygen atoms in total. The van der Waals surface area contributed by atoms with Crippen molar-refractivity contribution in [2.24, 2.45) is 5.92 Å². The lowest BCUT2D eigenvalue weighted by molar-refractivity contribution is 0.0125. The van der Waals surface area contributed by atoms with Crippen LogP contribution in [0.2, 0.25) is 0 Å². The molecule has 2 atom stereocenters. The number of ether oxygens (including phenoxy) is 2. The fourth-order valence-electron chi connectivity index (χ4n) is 1.52. The van der Waals surface area contributed by atoms with Crippen LogP contribution in [-0.4, -0.2) is 25.4 Å². The Balaban J connectivity index is 2.05. The predicted molar refractivity (Wildman–Crippen MR) is 53.8 cm³/mol. The summed E-state index contributed by atoms with van der Waals surface area (Å²) in [5.41, 5.74) is 0.0458. The minimum atomic E-state index is 0.0458. The van der Waals surface area contributed by atoms with Gasteiger partial charge in [0, 0.05) is 7.11 Å². The third kappa shape index (κ3) is 4.10. The summed E-state index contributed by atoms with van der Waals surface area (Å²) >= 11 is 0. The number of hydrogen-bond donors (Lipinski definition) is 0. The lowest BCUT2D eigenvalue weighted by Crippen LogP contribution is -2.22. The highest BCUT2D eigenvalue weighted by atomic mass is 16.6. The summed E-state index contributed by atoms with van der Waals surface area (Å²) in [6, 6.07) is 0. The highest BCUT2D eigenvalue weighted by Gasteiger charge is 2.29. The summed E-state index contributed by atoms with van der Waals surface area (Å²) in [4.78, 5) is 0. The molecule has 0 unspecified atom stereocenters. The van der Waals surface area contributed by atoms with Crippen molar-refractivity contribution in [3.8, 4) is 0 Å². The van der Waals surface area contributed by atoms with Crippen molar-refractivity contribution < 1.29 is 9.47 Å². The molecule has 1 fully saturated rings. The van der Waals surface area contributed by atoms with Gasteiger partial charge in [-0.3, -0.25) is 0 Å². The maximum Gasteiger partial charge on any atom is 0.0835 e. The Labute approximate surface area is 81.6 Å². The molecule has 0 aromatic rings. The standard InChI is InChI=1S/C11H22O2/c1-9(10-8-13-10)6-5-7-11(2,3)12-4/h9-10H,5-8H2,1-4H3/t9-,10-/m1/s1. The molecule has 0 aromatic carbocycles. The molecule has 1 rings (SSSR count). The van der Waals surface area contributed by atoms with Gasteiger partial charge < -0.3 is 9.47 Å². The summed E-state index contributed by atoms with van der Waals surface area (Å²) in [5.74, 6) is 0.729. The molecule has 0 spiro atoms. The van der Waals surface area contributed by atoms with E-state index < -0.39 is 0 Å². The zero-order valence-electron chi connectivity index (χ0n) is 9.30. The Morgan fingerprint density at radius 1 is 1.54 bits per heavy atom. The Morgan fingerprint density at radius 3 is 2.62 bits per heavy atom. The Kier molecular flexibility index (Phi) is 3.74. The van der Waals surface area contributed by atoms with Crippen LogP contribution in [0.15, 0.2) is 0 Å². The molecule has 0 saturated carbocycles. The van der Waals surface area contributed by atoms with Crippen LogP contribution in [0, 0.1) is 5.92 Å². The maximum atomic E-state index is 5.36. The van der Waals surface area contributed by atoms with Gasteiger partial charge in [0.25, 0.3) is 0 Å². The van der Waals surface area contributed by atoms with Crippen molar-refractivity contribution in [2.75, 3.05) is 13.7 Å². The summed E-state index contributed by atoms with van der Waals surface area (Å²) in [5, 5.41) is 0. The van der Waals surface area contributed by atoms with Crippen molar-refractivity contribution in [2.45, 2.75) is 51.7 Å². The summed E-state index contributed by atoms with van der Waals surface area (Å²) in [6.07, 6.45) is 4.20. The van der Waals surface area contributed by atoms with E-state index in [1.807, 2.05) is 0 Å². The van der Waals surface area contributed by atoms with Crippen LogP contribution in [0.25, 0.3) is 0 Å². The maximum absolute atomic E-state index is 5.36. The Bertz CT molecular complexity index is 150. The molecule has 2 heteroatoms. The van der Waals surface area contributed by atoms with Gasteiger partial charge in [-0.15, -0.1) is 0 Å². The molecular formula is C11H22O2. The van der Waals surface area contributed by atoms with Gasteiger partial charge >= 0.3 is 0 Å². The average molecular weight is 186 g/mol. The minimum Gasteiger partial charge on any atom is -0.379 e. The van der Waals surface area contributed by atoms with Crippen LogP contribution in [-0.2, 0) is 9.47 Å². The number of epoxide rings is 1. The lowest BCUT2D eigenvalue weighted by atomic mass is 9.95. The first kappa shape index (κ1) is 11.0. The fraction of sp³-hybridized carbons (Fsp3) is 1.00. The molecular weight excluding hydrogens is 164 g/mol. The van der Waals surface area contributed by atoms with Crippen molar-refractivity contribution >= 4 is 0 Å². The number of rotatable bonds is 6. The molecule has 0 radical (unpaired) electrons. The quantitative estimate of drug-likeness (QED) is 0.595. The second-order valence-corrected chi connectivity index (χ2v) is 4.71. The molecule has 78 valence electrons. The van der Waals surface area contributed by atoms with Crippen LogP contribution < -0.4 is 0 Å². The third-order valence-corrected chi connectivity index (χ3v) is 2.98. The van der Waals surface area contributed by atoms with Crippen LogP contribution in [0.5, 0.6) is 0 Å². The van der Waals surface area contributed by atoms with Gasteiger partial charge in [0.05, 0.1) is 18.3 Å². The van der Waals surface area contributed by atoms with Gasteiger partial charge in [0.1, 0.15) is 0 Å². The van der Waals surface area contributed by atoms with E-state index in [0.717, 1.165) is 18.9 Å². The molecule has 0 N–H and O–H groups in total. The van der Waals surface area contributed by atoms with Crippen LogP contribution in [0.1, 0.15) is 40.0 Å². The van der Waals surface area contributed by atoms with Gasteiger partial charge in [-0.05, 0) is 32.6 Å². The Morgan fingerprint density at radius 2 is 2.15 bits per heavy atom. The first-order chi connectivity index (χ1) is 6.05. The molecule has 1 heterocycles. The zero-order chi connectivity index (χ0) is 9.90. The molecule has 0 aliphatic carbocycles. The van der Waals surface area contributed by atoms with Crippen LogP contribution in [0.4, 0.5) is 0 Å². The SMILES string of the molecule is COC(C)(C)CCC[C@@H](C)[C@H]1CO1. The summed E-state index contributed by atoms with van der Waals surface area (Å²) in [7, 11) is 1.79. The highest BCUT2D eigenvalue weighted by Crippen LogP contribution is 2.26. The normalized spacial score (nSPS) is 24.5. The smallest absolute Gasteiger partial charge is 0.0835 e. The highest BCUT2D eigenvalue weighted by molar-refractivity contribution is 4.77. The average Bonchev–Trinajstić information content (AvgIpc) is 2.86. The van der Waals surface area contributed by atoms with Gasteiger partial charge in [-0.1, -0.05) is 13.3 Å². The second kappa shape index (κ2) is 4.43. The van der Waals surface area contributed by atoms with Crippen molar-refractivity contribution in [1.82, 2.24) is 0 Å². The van der Waals surface area contributed by atoms with Gasteiger partial charge in [0.2, 0.25) is 0 Å². The summed E-state index contributed by atoms with van der Waals surface area (Å²) in [6.45, 7) is 7.54. The topological polar surface area (TPSA) is 21.8 Å². The van der Waals surface area contributed by atoms with E-state index >= 15 is 0 Å². The number of hydrogen-bond acceptors (Lipinski definition) is 2. The lowest BCUT2D eigenvalue weighted by Gasteiger charge is -2.23. The van der Waals surface area contributed by atoms with E-state index in [1.165, 1.54) is 12.8 Å². The van der Waals surface area contributed by atoms with Gasteiger partial charge in [-0.25, -0.2) is 0 Å².